The van der Waals surface area contributed by atoms with Gasteiger partial charge in [-0.05, 0) is 18.7 Å². The predicted octanol–water partition coefficient (Wildman–Crippen LogP) is 1.09. The molecular formula is C10H10N2O. The van der Waals surface area contributed by atoms with Gasteiger partial charge in [0.2, 0.25) is 0 Å². The highest BCUT2D eigenvalue weighted by Gasteiger charge is 2.04. The van der Waals surface area contributed by atoms with Crippen LogP contribution in [0.5, 0.6) is 0 Å². The fraction of sp³-hybridized carbons (Fsp3) is 0.200. The van der Waals surface area contributed by atoms with Gasteiger partial charge < -0.3 is 5.73 Å². The van der Waals surface area contributed by atoms with Crippen LogP contribution in [0.3, 0.4) is 0 Å². The van der Waals surface area contributed by atoms with Crippen LogP contribution in [0.1, 0.15) is 22.3 Å². The van der Waals surface area contributed by atoms with Crippen LogP contribution in [0.4, 0.5) is 0 Å². The maximum atomic E-state index is 11.3. The second-order valence-electron chi connectivity index (χ2n) is 2.65. The maximum Gasteiger partial charge on any atom is 0.164 e. The number of carbonyl (C=O) groups excluding carboxylic acids is 1. The summed E-state index contributed by atoms with van der Waals surface area (Å²) >= 11 is 0. The fourth-order valence-electron chi connectivity index (χ4n) is 1.04. The molecule has 0 saturated carbocycles. The monoisotopic (exact) mass is 174 g/mol. The van der Waals surface area contributed by atoms with Gasteiger partial charge in [-0.2, -0.15) is 5.26 Å². The lowest BCUT2D eigenvalue weighted by molar-refractivity contribution is 0.0985. The van der Waals surface area contributed by atoms with Gasteiger partial charge in [-0.1, -0.05) is 12.1 Å². The minimum absolute atomic E-state index is 0.0143. The van der Waals surface area contributed by atoms with Crippen LogP contribution in [0, 0.1) is 11.3 Å². The predicted molar refractivity (Wildman–Crippen MR) is 49.2 cm³/mol. The van der Waals surface area contributed by atoms with Crippen LogP contribution < -0.4 is 5.73 Å². The number of carbonyl (C=O) groups is 1. The number of ketones is 1. The second kappa shape index (κ2) is 4.39. The third-order valence-electron chi connectivity index (χ3n) is 1.69. The zero-order valence-electron chi connectivity index (χ0n) is 7.16. The van der Waals surface area contributed by atoms with E-state index >= 15 is 0 Å². The van der Waals surface area contributed by atoms with Crippen molar-refractivity contribution >= 4 is 5.78 Å². The number of nitrogens with two attached hydrogens (primary N) is 1. The number of benzene rings is 1. The zero-order valence-corrected chi connectivity index (χ0v) is 7.16. The number of hydrogen-bond acceptors (Lipinski definition) is 3. The smallest absolute Gasteiger partial charge is 0.164 e. The molecule has 0 bridgehead atoms. The standard InChI is InChI=1S/C10H10N2O/c11-5-4-10(13)9-3-1-2-8(6-9)7-12/h1-3,6H,4-5,11H2. The molecule has 1 aromatic carbocycles. The topological polar surface area (TPSA) is 66.9 Å². The Morgan fingerprint density at radius 3 is 2.92 bits per heavy atom. The van der Waals surface area contributed by atoms with Crippen molar-refractivity contribution in [1.29, 1.82) is 5.26 Å². The Hall–Kier alpha value is -1.66. The molecule has 2 N–H and O–H groups in total. The summed E-state index contributed by atoms with van der Waals surface area (Å²) in [7, 11) is 0. The third-order valence-corrected chi connectivity index (χ3v) is 1.69. The molecule has 0 aliphatic carbocycles. The molecule has 0 aliphatic rings. The van der Waals surface area contributed by atoms with Gasteiger partial charge >= 0.3 is 0 Å². The van der Waals surface area contributed by atoms with Gasteiger partial charge in [-0.3, -0.25) is 4.79 Å². The van der Waals surface area contributed by atoms with E-state index in [-0.39, 0.29) is 5.78 Å². The lowest BCUT2D eigenvalue weighted by Gasteiger charge is -1.98. The minimum Gasteiger partial charge on any atom is -0.330 e. The number of hydrogen-bond donors (Lipinski definition) is 1. The molecule has 0 radical (unpaired) electrons. The van der Waals surface area contributed by atoms with Gasteiger partial charge in [0.1, 0.15) is 0 Å². The van der Waals surface area contributed by atoms with Crippen molar-refractivity contribution in [2.24, 2.45) is 5.73 Å². The van der Waals surface area contributed by atoms with E-state index in [0.29, 0.717) is 24.1 Å². The first-order valence-corrected chi connectivity index (χ1v) is 4.01. The Balaban J connectivity index is 2.90. The van der Waals surface area contributed by atoms with Crippen LogP contribution >= 0.6 is 0 Å². The average Bonchev–Trinajstić information content (AvgIpc) is 2.18. The Morgan fingerprint density at radius 2 is 2.31 bits per heavy atom. The Morgan fingerprint density at radius 1 is 1.54 bits per heavy atom. The molecule has 0 saturated heterocycles. The fourth-order valence-corrected chi connectivity index (χ4v) is 1.04. The van der Waals surface area contributed by atoms with E-state index in [9.17, 15) is 4.79 Å². The summed E-state index contributed by atoms with van der Waals surface area (Å²) < 4.78 is 0. The van der Waals surface area contributed by atoms with Gasteiger partial charge in [0.25, 0.3) is 0 Å². The first-order chi connectivity index (χ1) is 6.27. The van der Waals surface area contributed by atoms with Crippen molar-refractivity contribution in [2.75, 3.05) is 6.54 Å². The van der Waals surface area contributed by atoms with Gasteiger partial charge in [-0.25, -0.2) is 0 Å². The lowest BCUT2D eigenvalue weighted by Crippen LogP contribution is -2.08. The lowest BCUT2D eigenvalue weighted by atomic mass is 10.1. The first-order valence-electron chi connectivity index (χ1n) is 4.01. The van der Waals surface area contributed by atoms with E-state index in [1.807, 2.05) is 6.07 Å². The largest absolute Gasteiger partial charge is 0.330 e. The minimum atomic E-state index is -0.0143. The van der Waals surface area contributed by atoms with E-state index < -0.39 is 0 Å². The number of rotatable bonds is 3. The highest BCUT2D eigenvalue weighted by molar-refractivity contribution is 5.96. The molecule has 3 heteroatoms. The highest BCUT2D eigenvalue weighted by atomic mass is 16.1. The van der Waals surface area contributed by atoms with Crippen LogP contribution in [-0.4, -0.2) is 12.3 Å². The maximum absolute atomic E-state index is 11.3. The van der Waals surface area contributed by atoms with Gasteiger partial charge in [0.05, 0.1) is 11.6 Å². The Bertz CT molecular complexity index is 352. The number of nitrogens with zero attached hydrogens (tertiary/aromatic N) is 1. The summed E-state index contributed by atoms with van der Waals surface area (Å²) in [5.41, 5.74) is 6.31. The van der Waals surface area contributed by atoms with E-state index in [1.54, 1.807) is 24.3 Å². The molecule has 1 rings (SSSR count). The molecule has 0 spiro atoms. The van der Waals surface area contributed by atoms with E-state index in [2.05, 4.69) is 0 Å². The molecule has 13 heavy (non-hydrogen) atoms. The van der Waals surface area contributed by atoms with Crippen molar-refractivity contribution in [1.82, 2.24) is 0 Å². The number of Topliss-reactive ketones (excluding diaryl/α,β-unsaturated/α-hetero) is 1. The molecule has 0 aromatic heterocycles. The summed E-state index contributed by atoms with van der Waals surface area (Å²) in [6, 6.07) is 8.62. The molecule has 0 heterocycles. The quantitative estimate of drug-likeness (QED) is 0.697. The molecule has 3 nitrogen and oxygen atoms in total. The molecular weight excluding hydrogens is 164 g/mol. The van der Waals surface area contributed by atoms with Crippen molar-refractivity contribution in [3.63, 3.8) is 0 Å². The van der Waals surface area contributed by atoms with Crippen LogP contribution in [0.25, 0.3) is 0 Å². The van der Waals surface area contributed by atoms with Crippen molar-refractivity contribution < 1.29 is 4.79 Å². The summed E-state index contributed by atoms with van der Waals surface area (Å²) in [5, 5.41) is 8.59. The first kappa shape index (κ1) is 9.43. The third kappa shape index (κ3) is 2.39. The summed E-state index contributed by atoms with van der Waals surface area (Å²) in [4.78, 5) is 11.3. The van der Waals surface area contributed by atoms with E-state index in [0.717, 1.165) is 0 Å². The van der Waals surface area contributed by atoms with Gasteiger partial charge in [-0.15, -0.1) is 0 Å². The summed E-state index contributed by atoms with van der Waals surface area (Å²) in [6.07, 6.45) is 0.328. The van der Waals surface area contributed by atoms with Gasteiger partial charge in [0.15, 0.2) is 5.78 Å². The number of nitriles is 1. The second-order valence-corrected chi connectivity index (χ2v) is 2.65. The summed E-state index contributed by atoms with van der Waals surface area (Å²) in [5.74, 6) is -0.0143. The summed E-state index contributed by atoms with van der Waals surface area (Å²) in [6.45, 7) is 0.343. The SMILES string of the molecule is N#Cc1cccc(C(=O)CCN)c1. The van der Waals surface area contributed by atoms with Crippen LogP contribution in [0.15, 0.2) is 24.3 Å². The normalized spacial score (nSPS) is 9.23. The molecule has 0 aliphatic heterocycles. The van der Waals surface area contributed by atoms with Crippen LogP contribution in [-0.2, 0) is 0 Å². The highest BCUT2D eigenvalue weighted by Crippen LogP contribution is 2.06. The Kier molecular flexibility index (Phi) is 3.18. The molecule has 66 valence electrons. The molecule has 0 atom stereocenters. The molecule has 1 aromatic rings. The van der Waals surface area contributed by atoms with Crippen molar-refractivity contribution in [3.05, 3.63) is 35.4 Å². The van der Waals surface area contributed by atoms with E-state index in [4.69, 9.17) is 11.0 Å². The zero-order chi connectivity index (χ0) is 9.68. The molecule has 0 amide bonds. The Labute approximate surface area is 76.8 Å². The molecule has 0 unspecified atom stereocenters. The molecule has 0 fully saturated rings. The van der Waals surface area contributed by atoms with Gasteiger partial charge in [0, 0.05) is 12.0 Å². The van der Waals surface area contributed by atoms with Crippen molar-refractivity contribution in [2.45, 2.75) is 6.42 Å². The van der Waals surface area contributed by atoms with Crippen molar-refractivity contribution in [3.8, 4) is 6.07 Å². The van der Waals surface area contributed by atoms with Crippen LogP contribution in [0.2, 0.25) is 0 Å². The average molecular weight is 174 g/mol. The van der Waals surface area contributed by atoms with E-state index in [1.165, 1.54) is 0 Å².